The molecule has 0 aliphatic rings. The highest BCUT2D eigenvalue weighted by Gasteiger charge is 2.13. The molecule has 146 valence electrons. The number of rotatable bonds is 6. The lowest BCUT2D eigenvalue weighted by Gasteiger charge is -2.01. The lowest BCUT2D eigenvalue weighted by Crippen LogP contribution is -2.15. The van der Waals surface area contributed by atoms with E-state index in [0.29, 0.717) is 16.7 Å². The molecule has 0 atom stereocenters. The normalized spacial score (nSPS) is 10.8. The molecular formula is C21H19N5O2S. The minimum absolute atomic E-state index is 0.142. The van der Waals surface area contributed by atoms with Gasteiger partial charge in [0.25, 0.3) is 0 Å². The van der Waals surface area contributed by atoms with Crippen molar-refractivity contribution in [3.05, 3.63) is 72.4 Å². The number of anilines is 1. The van der Waals surface area contributed by atoms with E-state index < -0.39 is 0 Å². The Bertz CT molecular complexity index is 1120. The van der Waals surface area contributed by atoms with Crippen molar-refractivity contribution in [3.63, 3.8) is 0 Å². The maximum Gasteiger partial charge on any atom is 0.237 e. The lowest BCUT2D eigenvalue weighted by molar-refractivity contribution is -0.113. The third kappa shape index (κ3) is 4.49. The Morgan fingerprint density at radius 1 is 1.10 bits per heavy atom. The highest BCUT2D eigenvalue weighted by molar-refractivity contribution is 7.99. The minimum atomic E-state index is -0.231. The number of hydrogen-bond donors (Lipinski definition) is 2. The second kappa shape index (κ2) is 8.24. The summed E-state index contributed by atoms with van der Waals surface area (Å²) < 4.78 is 6.64. The summed E-state index contributed by atoms with van der Waals surface area (Å²) in [7, 11) is 0. The number of nitrogen functional groups attached to an aromatic ring is 1. The predicted octanol–water partition coefficient (Wildman–Crippen LogP) is 3.96. The Kier molecular flexibility index (Phi) is 5.35. The number of thioether (sulfide) groups is 1. The van der Waals surface area contributed by atoms with Gasteiger partial charge in [-0.2, -0.15) is 0 Å². The van der Waals surface area contributed by atoms with Crippen molar-refractivity contribution in [2.45, 2.75) is 12.1 Å². The van der Waals surface area contributed by atoms with Crippen LogP contribution in [-0.2, 0) is 4.79 Å². The zero-order valence-corrected chi connectivity index (χ0v) is 16.5. The van der Waals surface area contributed by atoms with Gasteiger partial charge in [0.15, 0.2) is 5.16 Å². The first-order valence-electron chi connectivity index (χ1n) is 8.95. The number of aromatic nitrogens is 3. The van der Waals surface area contributed by atoms with Gasteiger partial charge in [0.2, 0.25) is 11.8 Å². The minimum Gasteiger partial charge on any atom is -0.338 e. The van der Waals surface area contributed by atoms with Crippen molar-refractivity contribution in [2.24, 2.45) is 0 Å². The van der Waals surface area contributed by atoms with E-state index in [-0.39, 0.29) is 11.7 Å². The molecular weight excluding hydrogens is 386 g/mol. The van der Waals surface area contributed by atoms with Crippen LogP contribution in [0.4, 0.5) is 5.88 Å². The zero-order chi connectivity index (χ0) is 20.2. The summed E-state index contributed by atoms with van der Waals surface area (Å²) in [5.74, 6) is 6.18. The number of nitrogens with two attached hydrogens (primary N) is 1. The van der Waals surface area contributed by atoms with Crippen LogP contribution in [0.1, 0.15) is 5.56 Å². The van der Waals surface area contributed by atoms with Crippen molar-refractivity contribution in [2.75, 3.05) is 16.9 Å². The maximum atomic E-state index is 12.3. The summed E-state index contributed by atoms with van der Waals surface area (Å²) in [6.07, 6.45) is 1.74. The molecule has 4 rings (SSSR count). The molecule has 0 aliphatic heterocycles. The van der Waals surface area contributed by atoms with Crippen molar-refractivity contribution in [1.29, 1.82) is 0 Å². The van der Waals surface area contributed by atoms with E-state index in [1.165, 1.54) is 16.4 Å². The van der Waals surface area contributed by atoms with Gasteiger partial charge in [-0.15, -0.1) is 0 Å². The van der Waals surface area contributed by atoms with E-state index in [1.807, 2.05) is 61.5 Å². The number of imidazole rings is 1. The summed E-state index contributed by atoms with van der Waals surface area (Å²) in [6.45, 7) is 2.02. The number of amides is 1. The average molecular weight is 405 g/mol. The fraction of sp³-hybridized carbons (Fsp3) is 0.0952. The number of benzene rings is 2. The smallest absolute Gasteiger partial charge is 0.237 e. The molecule has 7 nitrogen and oxygen atoms in total. The molecule has 2 heterocycles. The standard InChI is InChI=1S/C21H19N5O2S/c1-14-7-9-16(10-8-14)17-11-20(28-25-17)24-19(27)13-29-21-23-18(12-26(21)22)15-5-3-2-4-6-15/h2-12H,13,22H2,1H3,(H,24,27). The Morgan fingerprint density at radius 3 is 2.59 bits per heavy atom. The molecule has 0 saturated carbocycles. The molecule has 0 aliphatic carbocycles. The van der Waals surface area contributed by atoms with Crippen LogP contribution in [0.2, 0.25) is 0 Å². The van der Waals surface area contributed by atoms with Crippen molar-refractivity contribution in [3.8, 4) is 22.5 Å². The lowest BCUT2D eigenvalue weighted by atomic mass is 10.1. The molecule has 0 radical (unpaired) electrons. The number of carbonyl (C=O) groups is 1. The van der Waals surface area contributed by atoms with E-state index in [4.69, 9.17) is 10.4 Å². The van der Waals surface area contributed by atoms with Gasteiger partial charge in [-0.1, -0.05) is 77.1 Å². The second-order valence-electron chi connectivity index (χ2n) is 6.46. The number of nitrogens with zero attached hydrogens (tertiary/aromatic N) is 3. The number of nitrogens with one attached hydrogen (secondary N) is 1. The van der Waals surface area contributed by atoms with Crippen molar-refractivity contribution in [1.82, 2.24) is 14.8 Å². The number of carbonyl (C=O) groups excluding carboxylic acids is 1. The SMILES string of the molecule is Cc1ccc(-c2cc(NC(=O)CSc3nc(-c4ccccc4)cn3N)on2)cc1. The summed E-state index contributed by atoms with van der Waals surface area (Å²) in [6, 6.07) is 19.3. The largest absolute Gasteiger partial charge is 0.338 e. The first kappa shape index (κ1) is 18.8. The van der Waals surface area contributed by atoms with Gasteiger partial charge in [-0.3, -0.25) is 10.1 Å². The number of aryl methyl sites for hydroxylation is 1. The number of hydrogen-bond acceptors (Lipinski definition) is 6. The van der Waals surface area contributed by atoms with E-state index in [9.17, 15) is 4.79 Å². The van der Waals surface area contributed by atoms with Crippen LogP contribution >= 0.6 is 11.8 Å². The fourth-order valence-electron chi connectivity index (χ4n) is 2.73. The van der Waals surface area contributed by atoms with Gasteiger partial charge >= 0.3 is 0 Å². The second-order valence-corrected chi connectivity index (χ2v) is 7.40. The predicted molar refractivity (Wildman–Crippen MR) is 114 cm³/mol. The topological polar surface area (TPSA) is 99.0 Å². The Balaban J connectivity index is 1.36. The molecule has 2 aromatic heterocycles. The van der Waals surface area contributed by atoms with Crippen LogP contribution in [0, 0.1) is 6.92 Å². The van der Waals surface area contributed by atoms with Crippen LogP contribution in [0.25, 0.3) is 22.5 Å². The van der Waals surface area contributed by atoms with Gasteiger partial charge in [-0.25, -0.2) is 9.66 Å². The van der Waals surface area contributed by atoms with E-state index in [0.717, 1.165) is 22.4 Å². The van der Waals surface area contributed by atoms with Crippen LogP contribution in [0.5, 0.6) is 0 Å². The molecule has 8 heteroatoms. The first-order valence-corrected chi connectivity index (χ1v) is 9.93. The fourth-order valence-corrected chi connectivity index (χ4v) is 3.43. The van der Waals surface area contributed by atoms with Gasteiger partial charge in [-0.05, 0) is 6.92 Å². The molecule has 0 bridgehead atoms. The van der Waals surface area contributed by atoms with E-state index >= 15 is 0 Å². The monoisotopic (exact) mass is 405 g/mol. The average Bonchev–Trinajstić information content (AvgIpc) is 3.34. The highest BCUT2D eigenvalue weighted by Crippen LogP contribution is 2.24. The van der Waals surface area contributed by atoms with E-state index in [1.54, 1.807) is 12.3 Å². The Labute approximate surface area is 171 Å². The zero-order valence-electron chi connectivity index (χ0n) is 15.7. The highest BCUT2D eigenvalue weighted by atomic mass is 32.2. The van der Waals surface area contributed by atoms with Crippen LogP contribution < -0.4 is 11.2 Å². The molecule has 4 aromatic rings. The molecule has 1 amide bonds. The summed E-state index contributed by atoms with van der Waals surface area (Å²) in [4.78, 5) is 16.8. The third-order valence-corrected chi connectivity index (χ3v) is 5.19. The van der Waals surface area contributed by atoms with Crippen LogP contribution in [0.15, 0.2) is 76.5 Å². The molecule has 3 N–H and O–H groups in total. The molecule has 0 fully saturated rings. The van der Waals surface area contributed by atoms with Gasteiger partial charge in [0, 0.05) is 17.2 Å². The van der Waals surface area contributed by atoms with E-state index in [2.05, 4.69) is 15.5 Å². The molecule has 0 unspecified atom stereocenters. The molecule has 0 spiro atoms. The first-order chi connectivity index (χ1) is 14.1. The van der Waals surface area contributed by atoms with Gasteiger partial charge in [0.05, 0.1) is 17.6 Å². The Morgan fingerprint density at radius 2 is 1.83 bits per heavy atom. The van der Waals surface area contributed by atoms with Gasteiger partial charge in [0.1, 0.15) is 5.69 Å². The Hall–Kier alpha value is -3.52. The molecule has 2 aromatic carbocycles. The third-order valence-electron chi connectivity index (χ3n) is 4.22. The quantitative estimate of drug-likeness (QED) is 0.372. The summed E-state index contributed by atoms with van der Waals surface area (Å²) >= 11 is 1.25. The summed E-state index contributed by atoms with van der Waals surface area (Å²) in [5, 5.41) is 7.26. The van der Waals surface area contributed by atoms with Crippen molar-refractivity contribution < 1.29 is 9.32 Å². The van der Waals surface area contributed by atoms with Gasteiger partial charge < -0.3 is 10.4 Å². The molecule has 0 saturated heterocycles. The summed E-state index contributed by atoms with van der Waals surface area (Å²) in [5.41, 5.74) is 4.48. The van der Waals surface area contributed by atoms with Crippen molar-refractivity contribution >= 4 is 23.6 Å². The molecule has 29 heavy (non-hydrogen) atoms. The van der Waals surface area contributed by atoms with Crippen LogP contribution in [-0.4, -0.2) is 26.5 Å². The van der Waals surface area contributed by atoms with Crippen LogP contribution in [0.3, 0.4) is 0 Å². The maximum absolute atomic E-state index is 12.3.